The molecule has 0 unspecified atom stereocenters. The van der Waals surface area contributed by atoms with E-state index in [1.807, 2.05) is 6.92 Å². The number of hydrogen-bond acceptors (Lipinski definition) is 3. The molecule has 0 radical (unpaired) electrons. The van der Waals surface area contributed by atoms with Gasteiger partial charge in [-0.15, -0.1) is 0 Å². The van der Waals surface area contributed by atoms with E-state index in [0.29, 0.717) is 19.3 Å². The summed E-state index contributed by atoms with van der Waals surface area (Å²) in [5.41, 5.74) is 0. The maximum atomic E-state index is 11.7. The summed E-state index contributed by atoms with van der Waals surface area (Å²) in [6.07, 6.45) is 2.25. The lowest BCUT2D eigenvalue weighted by Crippen LogP contribution is -2.30. The molecule has 0 rings (SSSR count). The molecule has 0 N–H and O–H groups in total. The normalized spacial score (nSPS) is 12.8. The summed E-state index contributed by atoms with van der Waals surface area (Å²) in [5.74, 6) is 0.285. The molecule has 90 valence electrons. The van der Waals surface area contributed by atoms with Gasteiger partial charge in [-0.1, -0.05) is 6.92 Å². The quantitative estimate of drug-likeness (QED) is 0.709. The summed E-state index contributed by atoms with van der Waals surface area (Å²) in [6.45, 7) is 7.02. The van der Waals surface area contributed by atoms with E-state index in [1.165, 1.54) is 0 Å². The summed E-state index contributed by atoms with van der Waals surface area (Å²) in [5, 5.41) is 0. The lowest BCUT2D eigenvalue weighted by Gasteiger charge is -2.18. The van der Waals surface area contributed by atoms with Crippen LogP contribution in [0, 0.1) is 0 Å². The first-order valence-corrected chi connectivity index (χ1v) is 7.10. The Kier molecular flexibility index (Phi) is 5.49. The van der Waals surface area contributed by atoms with Crippen molar-refractivity contribution >= 4 is 15.6 Å². The average molecular weight is 234 g/mol. The predicted molar refractivity (Wildman–Crippen MR) is 62.7 cm³/mol. The van der Waals surface area contributed by atoms with Gasteiger partial charge >= 0.3 is 0 Å². The first-order valence-electron chi connectivity index (χ1n) is 5.44. The molecule has 4 heteroatoms. The van der Waals surface area contributed by atoms with E-state index in [-0.39, 0.29) is 11.5 Å². The number of ketones is 1. The molecule has 3 nitrogen and oxygen atoms in total. The fraction of sp³-hybridized carbons (Fsp3) is 0.909. The number of rotatable bonds is 6. The van der Waals surface area contributed by atoms with Gasteiger partial charge in [-0.05, 0) is 33.6 Å². The smallest absolute Gasteiger partial charge is 0.155 e. The van der Waals surface area contributed by atoms with Crippen molar-refractivity contribution in [3.8, 4) is 0 Å². The van der Waals surface area contributed by atoms with Crippen LogP contribution in [0.15, 0.2) is 0 Å². The molecule has 0 aliphatic heterocycles. The van der Waals surface area contributed by atoms with Gasteiger partial charge in [0.2, 0.25) is 0 Å². The summed E-state index contributed by atoms with van der Waals surface area (Å²) in [6, 6.07) is 0. The van der Waals surface area contributed by atoms with Gasteiger partial charge in [0.1, 0.15) is 5.78 Å². The van der Waals surface area contributed by atoms with Crippen LogP contribution >= 0.6 is 0 Å². The molecule has 0 saturated heterocycles. The minimum atomic E-state index is -3.06. The van der Waals surface area contributed by atoms with Crippen LogP contribution in [0.5, 0.6) is 0 Å². The third kappa shape index (κ3) is 5.30. The Morgan fingerprint density at radius 2 is 1.67 bits per heavy atom. The number of hydrogen-bond donors (Lipinski definition) is 0. The van der Waals surface area contributed by atoms with Gasteiger partial charge in [-0.2, -0.15) is 0 Å². The predicted octanol–water partition coefficient (Wildman–Crippen LogP) is 2.35. The summed E-state index contributed by atoms with van der Waals surface area (Å²) < 4.78 is 22.7. The lowest BCUT2D eigenvalue weighted by molar-refractivity contribution is -0.119. The van der Waals surface area contributed by atoms with Gasteiger partial charge in [0.05, 0.1) is 10.5 Å². The van der Waals surface area contributed by atoms with Gasteiger partial charge in [0.15, 0.2) is 9.84 Å². The average Bonchev–Trinajstić information content (AvgIpc) is 2.01. The fourth-order valence-electron chi connectivity index (χ4n) is 1.17. The monoisotopic (exact) mass is 234 g/mol. The van der Waals surface area contributed by atoms with Crippen LogP contribution in [-0.2, 0) is 14.6 Å². The second kappa shape index (κ2) is 5.64. The van der Waals surface area contributed by atoms with Crippen LogP contribution < -0.4 is 0 Å². The zero-order valence-corrected chi connectivity index (χ0v) is 11.0. The molecule has 0 atom stereocenters. The maximum Gasteiger partial charge on any atom is 0.155 e. The molecular weight excluding hydrogens is 212 g/mol. The van der Waals surface area contributed by atoms with Crippen molar-refractivity contribution < 1.29 is 13.2 Å². The number of carbonyl (C=O) groups excluding carboxylic acids is 1. The third-order valence-corrected chi connectivity index (χ3v) is 5.02. The number of carbonyl (C=O) groups is 1. The Morgan fingerprint density at radius 1 is 1.13 bits per heavy atom. The van der Waals surface area contributed by atoms with Crippen LogP contribution in [0.2, 0.25) is 0 Å². The molecule has 0 saturated carbocycles. The van der Waals surface area contributed by atoms with Gasteiger partial charge < -0.3 is 0 Å². The molecule has 0 aromatic heterocycles. The molecule has 0 aromatic rings. The van der Waals surface area contributed by atoms with E-state index < -0.39 is 14.6 Å². The highest BCUT2D eigenvalue weighted by molar-refractivity contribution is 7.92. The van der Waals surface area contributed by atoms with Gasteiger partial charge in [-0.3, -0.25) is 4.79 Å². The second-order valence-electron chi connectivity index (χ2n) is 4.82. The van der Waals surface area contributed by atoms with E-state index >= 15 is 0 Å². The Labute approximate surface area is 93.2 Å². The van der Waals surface area contributed by atoms with Crippen LogP contribution in [0.1, 0.15) is 53.4 Å². The third-order valence-electron chi connectivity index (χ3n) is 2.33. The fourth-order valence-corrected chi connectivity index (χ4v) is 2.31. The molecule has 0 amide bonds. The Bertz CT molecular complexity index is 296. The van der Waals surface area contributed by atoms with E-state index in [2.05, 4.69) is 0 Å². The largest absolute Gasteiger partial charge is 0.300 e. The minimum absolute atomic E-state index is 0.117. The number of sulfone groups is 1. The van der Waals surface area contributed by atoms with Gasteiger partial charge in [0, 0.05) is 12.8 Å². The van der Waals surface area contributed by atoms with E-state index in [4.69, 9.17) is 0 Å². The van der Waals surface area contributed by atoms with E-state index in [1.54, 1.807) is 20.8 Å². The van der Waals surface area contributed by atoms with E-state index in [9.17, 15) is 13.2 Å². The second-order valence-corrected chi connectivity index (χ2v) is 7.69. The zero-order valence-electron chi connectivity index (χ0n) is 10.2. The van der Waals surface area contributed by atoms with Gasteiger partial charge in [-0.25, -0.2) is 8.42 Å². The van der Waals surface area contributed by atoms with Crippen molar-refractivity contribution in [2.24, 2.45) is 0 Å². The molecule has 0 fully saturated rings. The van der Waals surface area contributed by atoms with Crippen molar-refractivity contribution in [1.29, 1.82) is 0 Å². The van der Waals surface area contributed by atoms with Crippen molar-refractivity contribution in [3.05, 3.63) is 0 Å². The van der Waals surface area contributed by atoms with Crippen LogP contribution in [0.25, 0.3) is 0 Å². The van der Waals surface area contributed by atoms with Crippen molar-refractivity contribution in [1.82, 2.24) is 0 Å². The summed E-state index contributed by atoms with van der Waals surface area (Å²) in [4.78, 5) is 11.2. The van der Waals surface area contributed by atoms with Crippen LogP contribution in [0.3, 0.4) is 0 Å². The standard InChI is InChI=1S/C11H22O3S/c1-5-7-10(12)8-6-9-15(13,14)11(2,3)4/h5-9H2,1-4H3. The molecule has 15 heavy (non-hydrogen) atoms. The Hall–Kier alpha value is -0.380. The molecule has 0 spiro atoms. The summed E-state index contributed by atoms with van der Waals surface area (Å²) in [7, 11) is -3.06. The minimum Gasteiger partial charge on any atom is -0.300 e. The van der Waals surface area contributed by atoms with Crippen molar-refractivity contribution in [2.75, 3.05) is 5.75 Å². The van der Waals surface area contributed by atoms with E-state index in [0.717, 1.165) is 6.42 Å². The highest BCUT2D eigenvalue weighted by atomic mass is 32.2. The van der Waals surface area contributed by atoms with Crippen LogP contribution in [-0.4, -0.2) is 24.7 Å². The Morgan fingerprint density at radius 3 is 2.07 bits per heavy atom. The van der Waals surface area contributed by atoms with Gasteiger partial charge in [0.25, 0.3) is 0 Å². The molecule has 0 heterocycles. The van der Waals surface area contributed by atoms with Crippen LogP contribution in [0.4, 0.5) is 0 Å². The molecule has 0 aromatic carbocycles. The summed E-state index contributed by atoms with van der Waals surface area (Å²) >= 11 is 0. The topological polar surface area (TPSA) is 51.2 Å². The highest BCUT2D eigenvalue weighted by Gasteiger charge is 2.28. The molecule has 0 bridgehead atoms. The maximum absolute atomic E-state index is 11.7. The molecule has 0 aliphatic carbocycles. The lowest BCUT2D eigenvalue weighted by atomic mass is 10.1. The SMILES string of the molecule is CCCC(=O)CCCS(=O)(=O)C(C)(C)C. The first-order chi connectivity index (χ1) is 6.70. The molecule has 0 aliphatic rings. The first kappa shape index (κ1) is 14.6. The zero-order chi connectivity index (χ0) is 12.1. The van der Waals surface area contributed by atoms with Crippen molar-refractivity contribution in [2.45, 2.75) is 58.1 Å². The van der Waals surface area contributed by atoms with Crippen molar-refractivity contribution in [3.63, 3.8) is 0 Å². The number of Topliss-reactive ketones (excluding diaryl/α,β-unsaturated/α-hetero) is 1. The molecular formula is C11H22O3S. The Balaban J connectivity index is 4.03. The highest BCUT2D eigenvalue weighted by Crippen LogP contribution is 2.17.